The molecule has 3 aromatic rings. The van der Waals surface area contributed by atoms with Crippen molar-refractivity contribution in [1.82, 2.24) is 24.6 Å². The van der Waals surface area contributed by atoms with E-state index >= 15 is 0 Å². The summed E-state index contributed by atoms with van der Waals surface area (Å²) < 4.78 is 27.5. The van der Waals surface area contributed by atoms with Crippen LogP contribution in [0, 0.1) is 0 Å². The third kappa shape index (κ3) is 5.83. The van der Waals surface area contributed by atoms with Crippen LogP contribution in [-0.4, -0.2) is 73.8 Å². The van der Waals surface area contributed by atoms with E-state index in [2.05, 4.69) is 41.8 Å². The number of nitrogens with one attached hydrogen (secondary N) is 2. The molecule has 0 aliphatic carbocycles. The van der Waals surface area contributed by atoms with Crippen LogP contribution in [0.5, 0.6) is 0 Å². The highest BCUT2D eigenvalue weighted by molar-refractivity contribution is 7.89. The molecule has 9 nitrogen and oxygen atoms in total. The number of rotatable bonds is 8. The third-order valence-corrected chi connectivity index (χ3v) is 6.86. The monoisotopic (exact) mass is 475 g/mol. The molecule has 170 valence electrons. The first-order valence-electron chi connectivity index (χ1n) is 10.4. The van der Waals surface area contributed by atoms with Gasteiger partial charge in [0.25, 0.3) is 0 Å². The molecule has 0 spiro atoms. The zero-order valence-electron chi connectivity index (χ0n) is 17.8. The third-order valence-electron chi connectivity index (χ3n) is 5.33. The van der Waals surface area contributed by atoms with E-state index < -0.39 is 10.0 Å². The summed E-state index contributed by atoms with van der Waals surface area (Å²) in [4.78, 5) is 17.8. The van der Waals surface area contributed by atoms with E-state index in [1.807, 2.05) is 30.3 Å². The number of pyridine rings is 1. The predicted molar refractivity (Wildman–Crippen MR) is 128 cm³/mol. The molecule has 4 rings (SSSR count). The van der Waals surface area contributed by atoms with Crippen molar-refractivity contribution in [2.24, 2.45) is 0 Å². The zero-order valence-corrected chi connectivity index (χ0v) is 19.4. The van der Waals surface area contributed by atoms with E-state index in [4.69, 9.17) is 11.6 Å². The van der Waals surface area contributed by atoms with Crippen molar-refractivity contribution in [2.75, 3.05) is 55.7 Å². The van der Waals surface area contributed by atoms with E-state index in [0.29, 0.717) is 27.8 Å². The number of hydrogen-bond donors (Lipinski definition) is 2. The first-order chi connectivity index (χ1) is 15.4. The Morgan fingerprint density at radius 2 is 1.84 bits per heavy atom. The summed E-state index contributed by atoms with van der Waals surface area (Å²) in [6.45, 7) is 3.94. The standard InChI is InChI=1S/C21H26ClN7O2S/c1-28-8-10-29(11-9-28)21-26-18-15-24-19(22)13-17(18)20(27-21)23-7-12-32(30,31)25-14-16-5-3-2-4-6-16/h2-6,13,15,25H,7-12,14H2,1H3,(H,23,26,27). The molecule has 2 N–H and O–H groups in total. The molecule has 1 aliphatic heterocycles. The van der Waals surface area contributed by atoms with Gasteiger partial charge in [0.05, 0.1) is 17.5 Å². The van der Waals surface area contributed by atoms with Crippen molar-refractivity contribution in [1.29, 1.82) is 0 Å². The van der Waals surface area contributed by atoms with Crippen LogP contribution in [0.4, 0.5) is 11.8 Å². The highest BCUT2D eigenvalue weighted by Crippen LogP contribution is 2.25. The normalized spacial score (nSPS) is 15.2. The number of piperazine rings is 1. The minimum atomic E-state index is -3.46. The van der Waals surface area contributed by atoms with Gasteiger partial charge in [-0.15, -0.1) is 0 Å². The molecule has 11 heteroatoms. The van der Waals surface area contributed by atoms with Gasteiger partial charge in [0, 0.05) is 44.7 Å². The molecule has 32 heavy (non-hydrogen) atoms. The number of likely N-dealkylation sites (N-methyl/N-ethyl adjacent to an activating group) is 1. The Morgan fingerprint density at radius 3 is 2.59 bits per heavy atom. The number of sulfonamides is 1. The topological polar surface area (TPSA) is 103 Å². The van der Waals surface area contributed by atoms with Crippen LogP contribution in [0.1, 0.15) is 5.56 Å². The van der Waals surface area contributed by atoms with Crippen LogP contribution >= 0.6 is 11.6 Å². The van der Waals surface area contributed by atoms with Gasteiger partial charge in [-0.05, 0) is 18.7 Å². The van der Waals surface area contributed by atoms with E-state index in [-0.39, 0.29) is 18.8 Å². The van der Waals surface area contributed by atoms with Crippen molar-refractivity contribution in [2.45, 2.75) is 6.54 Å². The predicted octanol–water partition coefficient (Wildman–Crippen LogP) is 1.96. The molecule has 2 aromatic heterocycles. The lowest BCUT2D eigenvalue weighted by molar-refractivity contribution is 0.311. The fraction of sp³-hybridized carbons (Fsp3) is 0.381. The van der Waals surface area contributed by atoms with Crippen molar-refractivity contribution in [3.05, 3.63) is 53.3 Å². The van der Waals surface area contributed by atoms with Crippen LogP contribution in [0.25, 0.3) is 10.9 Å². The summed E-state index contributed by atoms with van der Waals surface area (Å²) in [5, 5.41) is 4.20. The van der Waals surface area contributed by atoms with Crippen molar-refractivity contribution in [3.63, 3.8) is 0 Å². The average molecular weight is 476 g/mol. The maximum atomic E-state index is 12.4. The average Bonchev–Trinajstić information content (AvgIpc) is 2.79. The number of fused-ring (bicyclic) bond motifs is 1. The maximum absolute atomic E-state index is 12.4. The summed E-state index contributed by atoms with van der Waals surface area (Å²) in [5.74, 6) is 1.06. The van der Waals surface area contributed by atoms with Crippen LogP contribution in [0.3, 0.4) is 0 Å². The minimum Gasteiger partial charge on any atom is -0.368 e. The Kier molecular flexibility index (Phi) is 7.04. The fourth-order valence-corrected chi connectivity index (χ4v) is 4.50. The van der Waals surface area contributed by atoms with Gasteiger partial charge in [0.2, 0.25) is 16.0 Å². The number of benzene rings is 1. The quantitative estimate of drug-likeness (QED) is 0.476. The van der Waals surface area contributed by atoms with Gasteiger partial charge in [-0.25, -0.2) is 23.1 Å². The van der Waals surface area contributed by atoms with Gasteiger partial charge in [-0.3, -0.25) is 0 Å². The summed E-state index contributed by atoms with van der Waals surface area (Å²) in [7, 11) is -1.37. The minimum absolute atomic E-state index is 0.0893. The Hall–Kier alpha value is -2.53. The molecule has 0 atom stereocenters. The number of anilines is 2. The Labute approximate surface area is 192 Å². The van der Waals surface area contributed by atoms with Crippen LogP contribution < -0.4 is 14.9 Å². The molecular formula is C21H26ClN7O2S. The molecule has 0 radical (unpaired) electrons. The highest BCUT2D eigenvalue weighted by Gasteiger charge is 2.19. The lowest BCUT2D eigenvalue weighted by atomic mass is 10.2. The van der Waals surface area contributed by atoms with E-state index in [1.165, 1.54) is 0 Å². The van der Waals surface area contributed by atoms with Crippen LogP contribution in [0.2, 0.25) is 5.15 Å². The molecular weight excluding hydrogens is 450 g/mol. The Morgan fingerprint density at radius 1 is 1.09 bits per heavy atom. The van der Waals surface area contributed by atoms with Crippen LogP contribution in [-0.2, 0) is 16.6 Å². The fourth-order valence-electron chi connectivity index (χ4n) is 3.44. The molecule has 0 amide bonds. The lowest BCUT2D eigenvalue weighted by Gasteiger charge is -2.32. The molecule has 0 bridgehead atoms. The summed E-state index contributed by atoms with van der Waals surface area (Å²) in [6, 6.07) is 11.1. The second-order valence-corrected chi connectivity index (χ2v) is 10.1. The first kappa shape index (κ1) is 22.7. The van der Waals surface area contributed by atoms with Crippen LogP contribution in [0.15, 0.2) is 42.6 Å². The molecule has 3 heterocycles. The van der Waals surface area contributed by atoms with E-state index in [9.17, 15) is 8.42 Å². The highest BCUT2D eigenvalue weighted by atomic mass is 35.5. The van der Waals surface area contributed by atoms with E-state index in [1.54, 1.807) is 12.3 Å². The Bertz CT molecular complexity index is 1170. The van der Waals surface area contributed by atoms with Gasteiger partial charge in [-0.2, -0.15) is 4.98 Å². The molecule has 0 saturated carbocycles. The summed E-state index contributed by atoms with van der Waals surface area (Å²) in [6.07, 6.45) is 1.61. The van der Waals surface area contributed by atoms with Gasteiger partial charge in [0.1, 0.15) is 11.0 Å². The number of nitrogens with zero attached hydrogens (tertiary/aromatic N) is 5. The summed E-state index contributed by atoms with van der Waals surface area (Å²) in [5.41, 5.74) is 1.57. The number of halogens is 1. The maximum Gasteiger partial charge on any atom is 0.228 e. The van der Waals surface area contributed by atoms with Crippen molar-refractivity contribution >= 4 is 44.3 Å². The molecule has 1 fully saturated rings. The van der Waals surface area contributed by atoms with Gasteiger partial charge in [-0.1, -0.05) is 41.9 Å². The molecule has 0 unspecified atom stereocenters. The van der Waals surface area contributed by atoms with E-state index in [0.717, 1.165) is 31.7 Å². The molecule has 1 aliphatic rings. The molecule has 1 aromatic carbocycles. The van der Waals surface area contributed by atoms with Gasteiger partial charge >= 0.3 is 0 Å². The second-order valence-electron chi connectivity index (χ2n) is 7.74. The SMILES string of the molecule is CN1CCN(c2nc(NCCS(=O)(=O)NCc3ccccc3)c3cc(Cl)ncc3n2)CC1. The smallest absolute Gasteiger partial charge is 0.228 e. The van der Waals surface area contributed by atoms with Gasteiger partial charge in [0.15, 0.2) is 0 Å². The zero-order chi connectivity index (χ0) is 22.6. The Balaban J connectivity index is 1.47. The first-order valence-corrected chi connectivity index (χ1v) is 12.4. The van der Waals surface area contributed by atoms with Crippen molar-refractivity contribution in [3.8, 4) is 0 Å². The number of aromatic nitrogens is 3. The van der Waals surface area contributed by atoms with Crippen molar-refractivity contribution < 1.29 is 8.42 Å². The molecule has 1 saturated heterocycles. The lowest BCUT2D eigenvalue weighted by Crippen LogP contribution is -2.45. The van der Waals surface area contributed by atoms with Gasteiger partial charge < -0.3 is 15.1 Å². The second kappa shape index (κ2) is 9.95. The number of hydrogen-bond acceptors (Lipinski definition) is 8. The largest absolute Gasteiger partial charge is 0.368 e. The summed E-state index contributed by atoms with van der Waals surface area (Å²) >= 11 is 6.09.